The van der Waals surface area contributed by atoms with E-state index in [2.05, 4.69) is 11.8 Å². The molecular formula is C24H23N3O9. The van der Waals surface area contributed by atoms with Gasteiger partial charge < -0.3 is 23.8 Å². The number of amides is 1. The maximum atomic E-state index is 12.6. The molecule has 0 aliphatic heterocycles. The number of terminal acetylenes is 2. The first kappa shape index (κ1) is 29.0. The van der Waals surface area contributed by atoms with Crippen molar-refractivity contribution in [1.82, 2.24) is 4.90 Å². The molecule has 12 heteroatoms. The summed E-state index contributed by atoms with van der Waals surface area (Å²) in [4.78, 5) is 48.9. The lowest BCUT2D eigenvalue weighted by Gasteiger charge is -2.17. The second-order valence-electron chi connectivity index (χ2n) is 6.58. The molecule has 0 aliphatic rings. The molecule has 0 atom stereocenters. The molecular weight excluding hydrogens is 474 g/mol. The zero-order chi connectivity index (χ0) is 27.1. The normalized spacial score (nSPS) is 10.1. The van der Waals surface area contributed by atoms with Gasteiger partial charge in [0.2, 0.25) is 0 Å². The fourth-order valence-corrected chi connectivity index (χ4v) is 2.61. The van der Waals surface area contributed by atoms with Gasteiger partial charge in [-0.3, -0.25) is 14.9 Å². The highest BCUT2D eigenvalue weighted by molar-refractivity contribution is 6.01. The maximum absolute atomic E-state index is 12.6. The van der Waals surface area contributed by atoms with Crippen molar-refractivity contribution in [1.29, 1.82) is 5.26 Å². The summed E-state index contributed by atoms with van der Waals surface area (Å²) in [6.45, 7) is 3.63. The van der Waals surface area contributed by atoms with Gasteiger partial charge in [-0.1, -0.05) is 0 Å². The monoisotopic (exact) mass is 497 g/mol. The van der Waals surface area contributed by atoms with Crippen LogP contribution in [-0.2, 0) is 14.3 Å². The highest BCUT2D eigenvalue weighted by Gasteiger charge is 2.28. The predicted octanol–water partition coefficient (Wildman–Crippen LogP) is 3.45. The smallest absolute Gasteiger partial charge is 0.433 e. The van der Waals surface area contributed by atoms with Crippen molar-refractivity contribution >= 4 is 30.0 Å². The predicted molar refractivity (Wildman–Crippen MR) is 125 cm³/mol. The molecule has 0 saturated heterocycles. The van der Waals surface area contributed by atoms with Gasteiger partial charge in [-0.15, -0.1) is 24.7 Å². The third-order valence-electron chi connectivity index (χ3n) is 4.28. The summed E-state index contributed by atoms with van der Waals surface area (Å²) in [5.41, 5.74) is -1.23. The Bertz CT molecular complexity index is 1150. The molecule has 188 valence electrons. The lowest BCUT2D eigenvalue weighted by Crippen LogP contribution is -2.31. The van der Waals surface area contributed by atoms with Crippen LogP contribution in [0.15, 0.2) is 17.7 Å². The Morgan fingerprint density at radius 2 is 1.61 bits per heavy atom. The Balaban J connectivity index is 3.56. The van der Waals surface area contributed by atoms with Gasteiger partial charge in [0.15, 0.2) is 5.75 Å². The van der Waals surface area contributed by atoms with Gasteiger partial charge in [-0.25, -0.2) is 9.59 Å². The SMILES string of the molecule is C#CCCOC(=O)Oc1cc(/C=C(\C#N)C(=O)N(CC)CC)cc([N+](=O)[O-])c1OC(=O)OCCC#C. The Labute approximate surface area is 207 Å². The van der Waals surface area contributed by atoms with E-state index < -0.39 is 40.3 Å². The summed E-state index contributed by atoms with van der Waals surface area (Å²) >= 11 is 0. The zero-order valence-electron chi connectivity index (χ0n) is 19.6. The fraction of sp³-hybridized carbons (Fsp3) is 0.333. The minimum absolute atomic E-state index is 0.0588. The van der Waals surface area contributed by atoms with Crippen LogP contribution in [0.25, 0.3) is 6.08 Å². The molecule has 1 rings (SSSR count). The number of benzene rings is 1. The van der Waals surface area contributed by atoms with Crippen LogP contribution < -0.4 is 9.47 Å². The number of hydrogen-bond acceptors (Lipinski definition) is 10. The van der Waals surface area contributed by atoms with Gasteiger partial charge in [0.1, 0.15) is 24.9 Å². The number of rotatable bonds is 11. The molecule has 0 heterocycles. The molecule has 0 bridgehead atoms. The Morgan fingerprint density at radius 1 is 1.06 bits per heavy atom. The van der Waals surface area contributed by atoms with Gasteiger partial charge in [0.25, 0.3) is 11.7 Å². The molecule has 0 saturated carbocycles. The average Bonchev–Trinajstić information content (AvgIpc) is 2.84. The first-order valence-electron chi connectivity index (χ1n) is 10.5. The summed E-state index contributed by atoms with van der Waals surface area (Å²) in [6, 6.07) is 3.72. The highest BCUT2D eigenvalue weighted by atomic mass is 16.7. The summed E-state index contributed by atoms with van der Waals surface area (Å²) in [7, 11) is 0. The van der Waals surface area contributed by atoms with E-state index in [4.69, 9.17) is 31.8 Å². The molecule has 36 heavy (non-hydrogen) atoms. The molecule has 12 nitrogen and oxygen atoms in total. The Morgan fingerprint density at radius 3 is 2.08 bits per heavy atom. The molecule has 0 aliphatic carbocycles. The standard InChI is InChI=1S/C24H23N3O9/c1-5-9-11-33-23(29)35-20-15-17(13-18(16-25)22(28)26(7-3)8-4)14-19(27(31)32)21(20)36-24(30)34-12-10-6-2/h1-2,13-15H,7-12H2,3-4H3/b18-13+. The highest BCUT2D eigenvalue weighted by Crippen LogP contribution is 2.39. The average molecular weight is 497 g/mol. The van der Waals surface area contributed by atoms with Crippen LogP contribution in [0, 0.1) is 46.1 Å². The summed E-state index contributed by atoms with van der Waals surface area (Å²) in [5.74, 6) is 2.48. The quantitative estimate of drug-likeness (QED) is 0.0648. The number of nitro groups is 1. The number of nitrogens with zero attached hydrogens (tertiary/aromatic N) is 3. The first-order valence-corrected chi connectivity index (χ1v) is 10.5. The number of carbonyl (C=O) groups excluding carboxylic acids is 3. The molecule has 1 aromatic rings. The van der Waals surface area contributed by atoms with E-state index in [1.807, 2.05) is 0 Å². The molecule has 1 aromatic carbocycles. The van der Waals surface area contributed by atoms with E-state index in [-0.39, 0.29) is 37.2 Å². The lowest BCUT2D eigenvalue weighted by atomic mass is 10.1. The van der Waals surface area contributed by atoms with Crippen LogP contribution in [0.1, 0.15) is 32.3 Å². The topological polar surface area (TPSA) is 158 Å². The van der Waals surface area contributed by atoms with E-state index in [1.165, 1.54) is 4.90 Å². The Hall–Kier alpha value is -5.02. The lowest BCUT2D eigenvalue weighted by molar-refractivity contribution is -0.385. The number of carbonyl (C=O) groups is 3. The van der Waals surface area contributed by atoms with Crippen LogP contribution in [0.5, 0.6) is 11.5 Å². The number of nitro benzene ring substituents is 1. The van der Waals surface area contributed by atoms with E-state index in [9.17, 15) is 29.8 Å². The van der Waals surface area contributed by atoms with Crippen LogP contribution in [-0.4, -0.2) is 54.3 Å². The molecule has 0 N–H and O–H groups in total. The maximum Gasteiger partial charge on any atom is 0.514 e. The number of hydrogen-bond donors (Lipinski definition) is 0. The van der Waals surface area contributed by atoms with Crippen molar-refractivity contribution < 1.29 is 38.3 Å². The van der Waals surface area contributed by atoms with Crippen LogP contribution in [0.2, 0.25) is 0 Å². The van der Waals surface area contributed by atoms with Crippen molar-refractivity contribution in [2.24, 2.45) is 0 Å². The largest absolute Gasteiger partial charge is 0.514 e. The molecule has 0 unspecified atom stereocenters. The van der Waals surface area contributed by atoms with Gasteiger partial charge >= 0.3 is 18.0 Å². The van der Waals surface area contributed by atoms with Crippen LogP contribution in [0.3, 0.4) is 0 Å². The second kappa shape index (κ2) is 15.0. The Kier molecular flexibility index (Phi) is 12.1. The van der Waals surface area contributed by atoms with E-state index in [0.29, 0.717) is 13.1 Å². The van der Waals surface area contributed by atoms with Gasteiger partial charge in [0, 0.05) is 32.0 Å². The van der Waals surface area contributed by atoms with Crippen molar-refractivity contribution in [3.8, 4) is 42.3 Å². The van der Waals surface area contributed by atoms with Crippen molar-refractivity contribution in [2.75, 3.05) is 26.3 Å². The molecule has 0 radical (unpaired) electrons. The number of likely N-dealkylation sites (N-methyl/N-ethyl adjacent to an activating group) is 1. The van der Waals surface area contributed by atoms with Gasteiger partial charge in [-0.05, 0) is 31.6 Å². The van der Waals surface area contributed by atoms with Crippen molar-refractivity contribution in [2.45, 2.75) is 26.7 Å². The minimum atomic E-state index is -1.35. The van der Waals surface area contributed by atoms with Crippen molar-refractivity contribution in [3.63, 3.8) is 0 Å². The van der Waals surface area contributed by atoms with E-state index in [1.54, 1.807) is 19.9 Å². The minimum Gasteiger partial charge on any atom is -0.433 e. The van der Waals surface area contributed by atoms with E-state index >= 15 is 0 Å². The molecule has 0 aromatic heterocycles. The third-order valence-corrected chi connectivity index (χ3v) is 4.28. The summed E-state index contributed by atoms with van der Waals surface area (Å²) < 4.78 is 19.4. The van der Waals surface area contributed by atoms with Crippen molar-refractivity contribution in [3.05, 3.63) is 33.4 Å². The first-order chi connectivity index (χ1) is 17.2. The van der Waals surface area contributed by atoms with E-state index in [0.717, 1.165) is 18.2 Å². The zero-order valence-corrected chi connectivity index (χ0v) is 19.6. The van der Waals surface area contributed by atoms with Gasteiger partial charge in [-0.2, -0.15) is 5.26 Å². The fourth-order valence-electron chi connectivity index (χ4n) is 2.61. The number of nitriles is 1. The van der Waals surface area contributed by atoms with Crippen LogP contribution >= 0.6 is 0 Å². The van der Waals surface area contributed by atoms with Gasteiger partial charge in [0.05, 0.1) is 4.92 Å². The van der Waals surface area contributed by atoms with Crippen LogP contribution in [0.4, 0.5) is 15.3 Å². The molecule has 1 amide bonds. The number of ether oxygens (including phenoxy) is 4. The summed E-state index contributed by atoms with van der Waals surface area (Å²) in [5, 5.41) is 21.2. The second-order valence-corrected chi connectivity index (χ2v) is 6.58. The third kappa shape index (κ3) is 8.73. The molecule has 0 spiro atoms. The molecule has 0 fully saturated rings. The summed E-state index contributed by atoms with van der Waals surface area (Å²) in [6.07, 6.45) is 8.71.